The fourth-order valence-electron chi connectivity index (χ4n) is 7.49. The topological polar surface area (TPSA) is 158 Å². The lowest BCUT2D eigenvalue weighted by atomic mass is 9.42. The van der Waals surface area contributed by atoms with Crippen LogP contribution in [0.15, 0.2) is 6.07 Å². The van der Waals surface area contributed by atoms with E-state index in [1.165, 1.54) is 11.8 Å². The van der Waals surface area contributed by atoms with Gasteiger partial charge in [-0.15, -0.1) is 0 Å². The number of fused-ring (bicyclic) bond motifs is 3. The Labute approximate surface area is 215 Å². The molecule has 2 saturated carbocycles. The Morgan fingerprint density at radius 1 is 1.11 bits per heavy atom. The van der Waals surface area contributed by atoms with Gasteiger partial charge in [0, 0.05) is 25.2 Å². The highest BCUT2D eigenvalue weighted by atomic mass is 16.3. The van der Waals surface area contributed by atoms with Crippen molar-refractivity contribution in [3.8, 4) is 5.75 Å². The summed E-state index contributed by atoms with van der Waals surface area (Å²) in [5, 5.41) is 23.0. The van der Waals surface area contributed by atoms with Gasteiger partial charge < -0.3 is 20.8 Å². The number of carbonyl (C=O) groups is 5. The van der Waals surface area contributed by atoms with Gasteiger partial charge in [0.15, 0.2) is 34.7 Å². The monoisotopic (exact) mass is 513 g/mol. The molecule has 2 unspecified atom stereocenters. The van der Waals surface area contributed by atoms with Crippen molar-refractivity contribution in [2.24, 2.45) is 28.4 Å². The van der Waals surface area contributed by atoms with E-state index >= 15 is 0 Å². The number of phenols is 1. The number of ketones is 4. The molecule has 1 amide bonds. The first kappa shape index (κ1) is 26.9. The van der Waals surface area contributed by atoms with Gasteiger partial charge in [0.05, 0.1) is 17.5 Å². The summed E-state index contributed by atoms with van der Waals surface area (Å²) in [6, 6.07) is 0.636. The second-order valence-electron chi connectivity index (χ2n) is 11.8. The maximum Gasteiger partial charge on any atom is 0.235 e. The molecule has 0 aliphatic heterocycles. The Bertz CT molecular complexity index is 1270. The Morgan fingerprint density at radius 2 is 1.70 bits per heavy atom. The minimum atomic E-state index is -2.80. The van der Waals surface area contributed by atoms with Crippen LogP contribution in [-0.2, 0) is 32.0 Å². The van der Waals surface area contributed by atoms with Crippen LogP contribution in [-0.4, -0.2) is 84.0 Å². The number of hydrogen-bond acceptors (Lipinski definition) is 9. The van der Waals surface area contributed by atoms with E-state index in [0.717, 1.165) is 5.69 Å². The van der Waals surface area contributed by atoms with Crippen molar-refractivity contribution < 1.29 is 34.2 Å². The minimum Gasteiger partial charge on any atom is -0.507 e. The highest BCUT2D eigenvalue weighted by Gasteiger charge is 2.76. The van der Waals surface area contributed by atoms with Gasteiger partial charge in [-0.2, -0.15) is 0 Å². The van der Waals surface area contributed by atoms with E-state index in [9.17, 15) is 34.2 Å². The van der Waals surface area contributed by atoms with Crippen LogP contribution >= 0.6 is 0 Å². The third-order valence-electron chi connectivity index (χ3n) is 8.91. The third-order valence-corrected chi connectivity index (χ3v) is 8.91. The normalized spacial score (nSPS) is 35.2. The number of anilines is 1. The number of nitrogens with zero attached hydrogens (tertiary/aromatic N) is 2. The van der Waals surface area contributed by atoms with Crippen LogP contribution < -0.4 is 10.6 Å². The molecule has 0 bridgehead atoms. The molecule has 0 saturated heterocycles. The number of benzene rings is 1. The Hall–Kier alpha value is -3.11. The van der Waals surface area contributed by atoms with Crippen molar-refractivity contribution in [3.05, 3.63) is 22.8 Å². The lowest BCUT2D eigenvalue weighted by Gasteiger charge is -2.61. The molecule has 37 heavy (non-hydrogen) atoms. The number of Topliss-reactive ketones (excluding diaryl/α,β-unsaturated/α-hetero) is 4. The number of amides is 1. The van der Waals surface area contributed by atoms with E-state index < -0.39 is 63.3 Å². The molecule has 2 fully saturated rings. The van der Waals surface area contributed by atoms with E-state index in [-0.39, 0.29) is 24.2 Å². The highest BCUT2D eigenvalue weighted by molar-refractivity contribution is 6.33. The summed E-state index contributed by atoms with van der Waals surface area (Å²) >= 11 is 0. The molecule has 1 aromatic carbocycles. The van der Waals surface area contributed by atoms with Crippen molar-refractivity contribution in [1.29, 1.82) is 0 Å². The van der Waals surface area contributed by atoms with Gasteiger partial charge in [0.2, 0.25) is 5.91 Å². The largest absolute Gasteiger partial charge is 0.507 e. The quantitative estimate of drug-likeness (QED) is 0.481. The number of aliphatic hydroxyl groups is 1. The SMILES string of the molecule is CCc1cc(N(C)C)c2c(c1O)C(=O)C1C(=O)[C@]3(O)C(=O)C(C(N)=O)C(=O)[C@@H](N(C)C)[C@]3(C)C[C@]1(C)C2. The standard InChI is InChI=1S/C27H35N3O7/c1-8-12-9-14(29(4)5)13-10-25(2)11-26(3)21(30(6)7)20(33)16(24(28)36)22(34)27(26,37)23(35)17(25)19(32)15(13)18(12)31/h9,16-17,21,31,37H,8,10-11H2,1-7H3,(H2,28,36)/t16?,17?,21-,25+,26+,27-/m1/s1. The Morgan fingerprint density at radius 3 is 2.19 bits per heavy atom. The summed E-state index contributed by atoms with van der Waals surface area (Å²) in [6.45, 7) is 5.07. The molecule has 6 atom stereocenters. The molecule has 3 aliphatic rings. The van der Waals surface area contributed by atoms with Crippen molar-refractivity contribution in [3.63, 3.8) is 0 Å². The highest BCUT2D eigenvalue weighted by Crippen LogP contribution is 2.62. The van der Waals surface area contributed by atoms with Crippen LogP contribution in [0.2, 0.25) is 0 Å². The van der Waals surface area contributed by atoms with E-state index in [1.54, 1.807) is 21.0 Å². The van der Waals surface area contributed by atoms with Crippen LogP contribution in [0.3, 0.4) is 0 Å². The number of rotatable bonds is 4. The first-order chi connectivity index (χ1) is 17.0. The summed E-state index contributed by atoms with van der Waals surface area (Å²) in [5.41, 5.74) is 1.74. The number of hydrogen-bond donors (Lipinski definition) is 3. The van der Waals surface area contributed by atoms with E-state index in [4.69, 9.17) is 5.73 Å². The van der Waals surface area contributed by atoms with Crippen molar-refractivity contribution in [1.82, 2.24) is 4.90 Å². The predicted octanol–water partition coefficient (Wildman–Crippen LogP) is 0.276. The van der Waals surface area contributed by atoms with Gasteiger partial charge in [0.1, 0.15) is 5.75 Å². The molecule has 0 spiro atoms. The summed E-state index contributed by atoms with van der Waals surface area (Å²) in [4.78, 5) is 70.8. The van der Waals surface area contributed by atoms with Crippen molar-refractivity contribution >= 4 is 34.7 Å². The molecule has 0 radical (unpaired) electrons. The summed E-state index contributed by atoms with van der Waals surface area (Å²) < 4.78 is 0. The molecule has 10 heteroatoms. The molecular weight excluding hydrogens is 478 g/mol. The van der Waals surface area contributed by atoms with Gasteiger partial charge in [0.25, 0.3) is 0 Å². The van der Waals surface area contributed by atoms with Gasteiger partial charge in [-0.25, -0.2) is 0 Å². The minimum absolute atomic E-state index is 0.0148. The molecule has 3 aliphatic carbocycles. The fourth-order valence-corrected chi connectivity index (χ4v) is 7.49. The first-order valence-corrected chi connectivity index (χ1v) is 12.4. The van der Waals surface area contributed by atoms with Crippen LogP contribution in [0.25, 0.3) is 0 Å². The number of aryl methyl sites for hydroxylation is 1. The lowest BCUT2D eigenvalue weighted by Crippen LogP contribution is -2.79. The number of phenolic OH excluding ortho intramolecular Hbond substituents is 1. The van der Waals surface area contributed by atoms with E-state index in [2.05, 4.69) is 0 Å². The number of carbonyl (C=O) groups excluding carboxylic acids is 5. The van der Waals surface area contributed by atoms with Crippen LogP contribution in [0.1, 0.15) is 48.7 Å². The number of aromatic hydroxyl groups is 1. The van der Waals surface area contributed by atoms with Gasteiger partial charge >= 0.3 is 0 Å². The van der Waals surface area contributed by atoms with E-state index in [0.29, 0.717) is 17.5 Å². The summed E-state index contributed by atoms with van der Waals surface area (Å²) in [6.07, 6.45) is 0.604. The zero-order valence-corrected chi connectivity index (χ0v) is 22.3. The Kier molecular flexibility index (Phi) is 5.97. The number of likely N-dealkylation sites (N-methyl/N-ethyl adjacent to an activating group) is 1. The smallest absolute Gasteiger partial charge is 0.235 e. The lowest BCUT2D eigenvalue weighted by molar-refractivity contribution is -0.203. The number of primary amides is 1. The average molecular weight is 514 g/mol. The third kappa shape index (κ3) is 3.21. The van der Waals surface area contributed by atoms with Crippen LogP contribution in [0.4, 0.5) is 5.69 Å². The maximum atomic E-state index is 14.2. The second-order valence-corrected chi connectivity index (χ2v) is 11.8. The van der Waals surface area contributed by atoms with Crippen molar-refractivity contribution in [2.75, 3.05) is 33.1 Å². The summed E-state index contributed by atoms with van der Waals surface area (Å²) in [5.74, 6) is -8.72. The van der Waals surface area contributed by atoms with Crippen molar-refractivity contribution in [2.45, 2.75) is 51.7 Å². The second kappa shape index (κ2) is 8.19. The predicted molar refractivity (Wildman–Crippen MR) is 134 cm³/mol. The molecule has 1 aromatic rings. The first-order valence-electron chi connectivity index (χ1n) is 12.4. The van der Waals surface area contributed by atoms with Gasteiger partial charge in [-0.3, -0.25) is 28.9 Å². The Balaban J connectivity index is 2.02. The molecule has 4 rings (SSSR count). The maximum absolute atomic E-state index is 14.2. The zero-order valence-electron chi connectivity index (χ0n) is 22.3. The molecule has 0 aromatic heterocycles. The molecule has 10 nitrogen and oxygen atoms in total. The summed E-state index contributed by atoms with van der Waals surface area (Å²) in [7, 11) is 6.77. The molecule has 4 N–H and O–H groups in total. The van der Waals surface area contributed by atoms with Gasteiger partial charge in [-0.1, -0.05) is 20.8 Å². The zero-order chi connectivity index (χ0) is 28.0. The van der Waals surface area contributed by atoms with E-state index in [1.807, 2.05) is 32.0 Å². The number of nitrogens with two attached hydrogens (primary N) is 1. The average Bonchev–Trinajstić information content (AvgIpc) is 2.75. The van der Waals surface area contributed by atoms with Gasteiger partial charge in [-0.05, 0) is 56.0 Å². The molecule has 200 valence electrons. The van der Waals surface area contributed by atoms with Crippen LogP contribution in [0, 0.1) is 22.7 Å². The fraction of sp³-hybridized carbons (Fsp3) is 0.593. The van der Waals surface area contributed by atoms with Crippen LogP contribution in [0.5, 0.6) is 5.75 Å². The molecule has 0 heterocycles. The molecular formula is C27H35N3O7.